The Kier molecular flexibility index (Phi) is 3.42. The van der Waals surface area contributed by atoms with Gasteiger partial charge in [-0.3, -0.25) is 0 Å². The van der Waals surface area contributed by atoms with Gasteiger partial charge in [0.05, 0.1) is 25.3 Å². The Morgan fingerprint density at radius 2 is 2.00 bits per heavy atom. The number of fused-ring (bicyclic) bond motifs is 1. The molecule has 0 aliphatic carbocycles. The summed E-state index contributed by atoms with van der Waals surface area (Å²) in [5.74, 6) is 0.418. The van der Waals surface area contributed by atoms with E-state index < -0.39 is 5.97 Å². The molecule has 0 unspecified atom stereocenters. The first-order valence-electron chi connectivity index (χ1n) is 6.49. The molecule has 6 nitrogen and oxygen atoms in total. The van der Waals surface area contributed by atoms with Crippen molar-refractivity contribution in [2.45, 2.75) is 0 Å². The van der Waals surface area contributed by atoms with Crippen LogP contribution in [0.1, 0.15) is 10.4 Å². The van der Waals surface area contributed by atoms with Crippen molar-refractivity contribution in [3.05, 3.63) is 42.0 Å². The van der Waals surface area contributed by atoms with Gasteiger partial charge in [-0.15, -0.1) is 0 Å². The summed E-state index contributed by atoms with van der Waals surface area (Å²) in [6.45, 7) is 0. The molecule has 0 saturated heterocycles. The van der Waals surface area contributed by atoms with Crippen LogP contribution >= 0.6 is 0 Å². The average molecular weight is 299 g/mol. The summed E-state index contributed by atoms with van der Waals surface area (Å²) in [7, 11) is 3.09. The molecule has 22 heavy (non-hydrogen) atoms. The largest absolute Gasteiger partial charge is 0.497 e. The topological polar surface area (TPSA) is 81.8 Å². The highest BCUT2D eigenvalue weighted by atomic mass is 16.5. The monoisotopic (exact) mass is 299 g/mol. The van der Waals surface area contributed by atoms with Gasteiger partial charge in [0.15, 0.2) is 5.58 Å². The normalized spacial score (nSPS) is 10.6. The number of rotatable bonds is 4. The summed E-state index contributed by atoms with van der Waals surface area (Å²) in [6, 6.07) is 10.00. The van der Waals surface area contributed by atoms with Crippen LogP contribution in [0.15, 0.2) is 40.8 Å². The van der Waals surface area contributed by atoms with Gasteiger partial charge in [0.2, 0.25) is 5.89 Å². The number of oxazole rings is 1. The third-order valence-electron chi connectivity index (χ3n) is 3.29. The highest BCUT2D eigenvalue weighted by Crippen LogP contribution is 2.35. The van der Waals surface area contributed by atoms with Crippen molar-refractivity contribution in [2.75, 3.05) is 14.2 Å². The number of hydrogen-bond acceptors (Lipinski definition) is 5. The van der Waals surface area contributed by atoms with Gasteiger partial charge in [-0.25, -0.2) is 9.78 Å². The average Bonchev–Trinajstić information content (AvgIpc) is 2.97. The molecule has 2 aromatic carbocycles. The molecule has 1 heterocycles. The predicted octanol–water partition coefficient (Wildman–Crippen LogP) is 3.21. The lowest BCUT2D eigenvalue weighted by Gasteiger charge is -2.07. The lowest BCUT2D eigenvalue weighted by molar-refractivity contribution is 0.0699. The first-order chi connectivity index (χ1) is 10.6. The van der Waals surface area contributed by atoms with Crippen LogP contribution in [0, 0.1) is 0 Å². The van der Waals surface area contributed by atoms with Crippen molar-refractivity contribution in [3.63, 3.8) is 0 Å². The van der Waals surface area contributed by atoms with Crippen LogP contribution in [0.25, 0.3) is 22.6 Å². The van der Waals surface area contributed by atoms with E-state index in [2.05, 4.69) is 4.98 Å². The van der Waals surface area contributed by atoms with Crippen LogP contribution < -0.4 is 9.47 Å². The SMILES string of the molecule is COc1ccc(-c2nc3c(C(=O)O)cccc3o2)c(OC)c1. The second-order valence-corrected chi connectivity index (χ2v) is 4.54. The van der Waals surface area contributed by atoms with Gasteiger partial charge in [-0.05, 0) is 24.3 Å². The summed E-state index contributed by atoms with van der Waals surface area (Å²) in [5.41, 5.74) is 1.44. The van der Waals surface area contributed by atoms with Crippen molar-refractivity contribution >= 4 is 17.1 Å². The Morgan fingerprint density at radius 1 is 1.18 bits per heavy atom. The lowest BCUT2D eigenvalue weighted by Crippen LogP contribution is -1.96. The van der Waals surface area contributed by atoms with E-state index in [1.165, 1.54) is 13.2 Å². The molecular weight excluding hydrogens is 286 g/mol. The zero-order chi connectivity index (χ0) is 15.7. The van der Waals surface area contributed by atoms with Gasteiger partial charge in [0, 0.05) is 6.07 Å². The third-order valence-corrected chi connectivity index (χ3v) is 3.29. The molecule has 3 aromatic rings. The molecule has 1 aromatic heterocycles. The smallest absolute Gasteiger partial charge is 0.338 e. The molecule has 0 saturated carbocycles. The minimum atomic E-state index is -1.05. The van der Waals surface area contributed by atoms with Gasteiger partial charge in [-0.2, -0.15) is 0 Å². The van der Waals surface area contributed by atoms with Gasteiger partial charge in [0.25, 0.3) is 0 Å². The summed E-state index contributed by atoms with van der Waals surface area (Å²) in [5, 5.41) is 9.21. The number of benzene rings is 2. The van der Waals surface area contributed by atoms with Gasteiger partial charge in [-0.1, -0.05) is 6.07 Å². The molecule has 0 fully saturated rings. The van der Waals surface area contributed by atoms with E-state index in [1.807, 2.05) is 0 Å². The number of carbonyl (C=O) groups is 1. The number of carboxylic acids is 1. The maximum absolute atomic E-state index is 11.2. The van der Waals surface area contributed by atoms with Crippen LogP contribution in [0.2, 0.25) is 0 Å². The summed E-state index contributed by atoms with van der Waals surface area (Å²) < 4.78 is 16.1. The Labute approximate surface area is 125 Å². The second kappa shape index (κ2) is 5.40. The number of hydrogen-bond donors (Lipinski definition) is 1. The van der Waals surface area contributed by atoms with Crippen molar-refractivity contribution in [1.29, 1.82) is 0 Å². The van der Waals surface area contributed by atoms with Crippen LogP contribution in [0.3, 0.4) is 0 Å². The van der Waals surface area contributed by atoms with Crippen molar-refractivity contribution < 1.29 is 23.8 Å². The first-order valence-corrected chi connectivity index (χ1v) is 6.49. The molecule has 0 aliphatic heterocycles. The van der Waals surface area contributed by atoms with E-state index in [4.69, 9.17) is 13.9 Å². The highest BCUT2D eigenvalue weighted by molar-refractivity contribution is 6.00. The van der Waals surface area contributed by atoms with E-state index >= 15 is 0 Å². The number of para-hydroxylation sites is 1. The highest BCUT2D eigenvalue weighted by Gasteiger charge is 2.18. The number of carboxylic acid groups (broad SMARTS) is 1. The fourth-order valence-corrected chi connectivity index (χ4v) is 2.21. The molecule has 0 aliphatic rings. The molecule has 0 bridgehead atoms. The van der Waals surface area contributed by atoms with Gasteiger partial charge < -0.3 is 19.0 Å². The van der Waals surface area contributed by atoms with Gasteiger partial charge in [0.1, 0.15) is 17.0 Å². The number of methoxy groups -OCH3 is 2. The predicted molar refractivity (Wildman–Crippen MR) is 79.5 cm³/mol. The third kappa shape index (κ3) is 2.24. The summed E-state index contributed by atoms with van der Waals surface area (Å²) in [6.07, 6.45) is 0. The van der Waals surface area contributed by atoms with E-state index in [0.717, 1.165) is 0 Å². The first kappa shape index (κ1) is 13.9. The molecule has 0 spiro atoms. The minimum absolute atomic E-state index is 0.0972. The van der Waals surface area contributed by atoms with Gasteiger partial charge >= 0.3 is 5.97 Å². The maximum Gasteiger partial charge on any atom is 0.338 e. The molecule has 112 valence electrons. The van der Waals surface area contributed by atoms with Crippen LogP contribution in [0.4, 0.5) is 0 Å². The zero-order valence-corrected chi connectivity index (χ0v) is 12.0. The van der Waals surface area contributed by atoms with Crippen LogP contribution in [-0.2, 0) is 0 Å². The van der Waals surface area contributed by atoms with Crippen molar-refractivity contribution in [3.8, 4) is 23.0 Å². The van der Waals surface area contributed by atoms with E-state index in [0.29, 0.717) is 34.1 Å². The second-order valence-electron chi connectivity index (χ2n) is 4.54. The zero-order valence-electron chi connectivity index (χ0n) is 12.0. The van der Waals surface area contributed by atoms with Crippen LogP contribution in [0.5, 0.6) is 11.5 Å². The molecule has 6 heteroatoms. The molecule has 1 N–H and O–H groups in total. The van der Waals surface area contributed by atoms with E-state index in [1.54, 1.807) is 37.4 Å². The molecule has 0 amide bonds. The van der Waals surface area contributed by atoms with Crippen molar-refractivity contribution in [1.82, 2.24) is 4.98 Å². The number of ether oxygens (including phenoxy) is 2. The summed E-state index contributed by atoms with van der Waals surface area (Å²) in [4.78, 5) is 15.5. The van der Waals surface area contributed by atoms with E-state index in [9.17, 15) is 9.90 Å². The number of aromatic nitrogens is 1. The quantitative estimate of drug-likeness (QED) is 0.796. The Balaban J connectivity index is 2.19. The minimum Gasteiger partial charge on any atom is -0.497 e. The molecule has 3 rings (SSSR count). The van der Waals surface area contributed by atoms with E-state index in [-0.39, 0.29) is 5.56 Å². The number of nitrogens with zero attached hydrogens (tertiary/aromatic N) is 1. The summed E-state index contributed by atoms with van der Waals surface area (Å²) >= 11 is 0. The fraction of sp³-hybridized carbons (Fsp3) is 0.125. The molecular formula is C16H13NO5. The lowest BCUT2D eigenvalue weighted by atomic mass is 10.2. The van der Waals surface area contributed by atoms with Crippen molar-refractivity contribution in [2.24, 2.45) is 0 Å². The Bertz CT molecular complexity index is 853. The maximum atomic E-state index is 11.2. The Morgan fingerprint density at radius 3 is 2.68 bits per heavy atom. The molecule has 0 atom stereocenters. The van der Waals surface area contributed by atoms with Crippen LogP contribution in [-0.4, -0.2) is 30.3 Å². The molecule has 0 radical (unpaired) electrons. The Hall–Kier alpha value is -3.02. The number of aromatic carboxylic acids is 1. The fourth-order valence-electron chi connectivity index (χ4n) is 2.21. The standard InChI is InChI=1S/C16H13NO5/c1-20-9-6-7-10(13(8-9)21-2)15-17-14-11(16(18)19)4-3-5-12(14)22-15/h3-8H,1-2H3,(H,18,19).